The van der Waals surface area contributed by atoms with Crippen molar-refractivity contribution in [3.05, 3.63) is 17.5 Å². The fourth-order valence-corrected chi connectivity index (χ4v) is 0.711. The molecule has 5 heteroatoms. The largest absolute Gasteiger partial charge is 0.357 e. The van der Waals surface area contributed by atoms with Crippen LogP contribution in [0.2, 0.25) is 5.28 Å². The highest BCUT2D eigenvalue weighted by Gasteiger charge is 1.92. The zero-order valence-corrected chi connectivity index (χ0v) is 8.34. The molecule has 0 unspecified atom stereocenters. The number of rotatable bonds is 2. The molecule has 0 saturated heterocycles. The average Bonchev–Trinajstić information content (AvgIpc) is 2.18. The number of aromatic nitrogens is 2. The fourth-order valence-electron chi connectivity index (χ4n) is 0.563. The van der Waals surface area contributed by atoms with Crippen molar-refractivity contribution in [2.45, 2.75) is 13.8 Å². The highest BCUT2D eigenvalue weighted by molar-refractivity contribution is 6.28. The Bertz CT molecular complexity index is 282. The molecule has 0 aliphatic rings. The topological polar surface area (TPSA) is 61.6 Å². The summed E-state index contributed by atoms with van der Waals surface area (Å²) in [7, 11) is 0. The van der Waals surface area contributed by atoms with E-state index in [1.165, 1.54) is 6.20 Å². The van der Waals surface area contributed by atoms with E-state index in [9.17, 15) is 0 Å². The van der Waals surface area contributed by atoms with Gasteiger partial charge in [0, 0.05) is 6.20 Å². The maximum absolute atomic E-state index is 8.21. The molecule has 13 heavy (non-hydrogen) atoms. The number of nitrogens with one attached hydrogen (secondary N) is 1. The van der Waals surface area contributed by atoms with Gasteiger partial charge in [-0.1, -0.05) is 13.8 Å². The van der Waals surface area contributed by atoms with Gasteiger partial charge in [0.25, 0.3) is 0 Å². The maximum Gasteiger partial charge on any atom is 0.224 e. The van der Waals surface area contributed by atoms with Crippen LogP contribution < -0.4 is 5.32 Å². The first-order valence-electron chi connectivity index (χ1n) is 3.92. The van der Waals surface area contributed by atoms with Crippen LogP contribution in [0.4, 0.5) is 5.82 Å². The van der Waals surface area contributed by atoms with Crippen LogP contribution >= 0.6 is 11.6 Å². The minimum Gasteiger partial charge on any atom is -0.357 e. The molecule has 0 fully saturated rings. The Morgan fingerprint density at radius 1 is 1.62 bits per heavy atom. The second-order valence-electron chi connectivity index (χ2n) is 1.72. The van der Waals surface area contributed by atoms with Gasteiger partial charge in [0.1, 0.15) is 12.4 Å². The molecule has 1 aromatic rings. The van der Waals surface area contributed by atoms with Crippen LogP contribution in [0.25, 0.3) is 0 Å². The molecule has 1 aromatic heterocycles. The third-order valence-electron chi connectivity index (χ3n) is 0.975. The van der Waals surface area contributed by atoms with Gasteiger partial charge < -0.3 is 5.32 Å². The van der Waals surface area contributed by atoms with E-state index in [0.717, 1.165) is 0 Å². The second kappa shape index (κ2) is 7.32. The average molecular weight is 199 g/mol. The first-order valence-corrected chi connectivity index (χ1v) is 4.30. The van der Waals surface area contributed by atoms with Crippen LogP contribution in [-0.4, -0.2) is 16.5 Å². The zero-order valence-electron chi connectivity index (χ0n) is 7.58. The van der Waals surface area contributed by atoms with E-state index in [1.807, 2.05) is 19.9 Å². The van der Waals surface area contributed by atoms with Crippen LogP contribution in [0.1, 0.15) is 13.8 Å². The van der Waals surface area contributed by atoms with E-state index >= 15 is 0 Å². The lowest BCUT2D eigenvalue weighted by molar-refractivity contribution is 1.14. The summed E-state index contributed by atoms with van der Waals surface area (Å²) in [4.78, 5) is 7.48. The van der Waals surface area contributed by atoms with E-state index in [0.29, 0.717) is 5.82 Å². The molecule has 0 spiro atoms. The summed E-state index contributed by atoms with van der Waals surface area (Å²) in [5.41, 5.74) is 0. The van der Waals surface area contributed by atoms with Crippen molar-refractivity contribution in [1.29, 1.82) is 5.26 Å². The standard InChI is InChI=1S/C6H5ClN4.C2H6/c7-6-10-3-1-5(11-6)9-4-2-8;1-2/h1,3H,4H2,(H,9,10,11);1-2H3. The van der Waals surface area contributed by atoms with E-state index in [4.69, 9.17) is 16.9 Å². The van der Waals surface area contributed by atoms with Crippen molar-refractivity contribution in [2.24, 2.45) is 0 Å². The molecular weight excluding hydrogens is 188 g/mol. The normalized spacial score (nSPS) is 7.85. The van der Waals surface area contributed by atoms with Gasteiger partial charge in [-0.2, -0.15) is 5.26 Å². The van der Waals surface area contributed by atoms with Crippen molar-refractivity contribution >= 4 is 17.4 Å². The number of nitrogens with zero attached hydrogens (tertiary/aromatic N) is 3. The molecule has 0 bridgehead atoms. The van der Waals surface area contributed by atoms with Crippen LogP contribution in [0.15, 0.2) is 12.3 Å². The molecular formula is C8H11ClN4. The fraction of sp³-hybridized carbons (Fsp3) is 0.375. The molecule has 0 atom stereocenters. The van der Waals surface area contributed by atoms with Gasteiger partial charge in [-0.25, -0.2) is 9.97 Å². The van der Waals surface area contributed by atoms with Gasteiger partial charge in [-0.3, -0.25) is 0 Å². The van der Waals surface area contributed by atoms with Gasteiger partial charge in [0.15, 0.2) is 0 Å². The molecule has 70 valence electrons. The Morgan fingerprint density at radius 3 is 2.85 bits per heavy atom. The summed E-state index contributed by atoms with van der Waals surface area (Å²) >= 11 is 5.48. The minimum absolute atomic E-state index is 0.174. The van der Waals surface area contributed by atoms with E-state index in [1.54, 1.807) is 6.07 Å². The Hall–Kier alpha value is -1.34. The van der Waals surface area contributed by atoms with Gasteiger partial charge in [-0.15, -0.1) is 0 Å². The predicted molar refractivity (Wildman–Crippen MR) is 52.5 cm³/mol. The molecule has 1 N–H and O–H groups in total. The molecule has 4 nitrogen and oxygen atoms in total. The summed E-state index contributed by atoms with van der Waals surface area (Å²) in [5, 5.41) is 11.1. The summed E-state index contributed by atoms with van der Waals surface area (Å²) < 4.78 is 0. The lowest BCUT2D eigenvalue weighted by atomic mass is 10.5. The van der Waals surface area contributed by atoms with Crippen molar-refractivity contribution in [3.63, 3.8) is 0 Å². The Balaban J connectivity index is 0.000000671. The van der Waals surface area contributed by atoms with E-state index in [2.05, 4.69) is 15.3 Å². The van der Waals surface area contributed by atoms with Crippen molar-refractivity contribution in [1.82, 2.24) is 9.97 Å². The molecule has 0 saturated carbocycles. The number of halogens is 1. The molecule has 1 rings (SSSR count). The van der Waals surface area contributed by atoms with Gasteiger partial charge >= 0.3 is 0 Å². The quantitative estimate of drug-likeness (QED) is 0.584. The second-order valence-corrected chi connectivity index (χ2v) is 2.06. The summed E-state index contributed by atoms with van der Waals surface area (Å²) in [6, 6.07) is 3.56. The van der Waals surface area contributed by atoms with Gasteiger partial charge in [0.05, 0.1) is 6.07 Å². The van der Waals surface area contributed by atoms with Crippen LogP contribution in [0.5, 0.6) is 0 Å². The van der Waals surface area contributed by atoms with Crippen molar-refractivity contribution in [2.75, 3.05) is 11.9 Å². The monoisotopic (exact) mass is 198 g/mol. The van der Waals surface area contributed by atoms with Crippen LogP contribution in [0.3, 0.4) is 0 Å². The highest BCUT2D eigenvalue weighted by Crippen LogP contribution is 2.04. The smallest absolute Gasteiger partial charge is 0.224 e. The number of nitriles is 1. The third-order valence-corrected chi connectivity index (χ3v) is 1.16. The number of hydrogen-bond acceptors (Lipinski definition) is 4. The molecule has 0 aliphatic heterocycles. The lowest BCUT2D eigenvalue weighted by Crippen LogP contribution is -2.00. The SMILES string of the molecule is CC.N#CCNc1ccnc(Cl)n1. The van der Waals surface area contributed by atoms with Crippen LogP contribution in [0, 0.1) is 11.3 Å². The highest BCUT2D eigenvalue weighted by atomic mass is 35.5. The first kappa shape index (κ1) is 11.7. The van der Waals surface area contributed by atoms with Crippen molar-refractivity contribution < 1.29 is 0 Å². The Labute approximate surface area is 82.6 Å². The number of anilines is 1. The maximum atomic E-state index is 8.21. The van der Waals surface area contributed by atoms with Crippen LogP contribution in [-0.2, 0) is 0 Å². The Morgan fingerprint density at radius 2 is 2.31 bits per heavy atom. The summed E-state index contributed by atoms with van der Waals surface area (Å²) in [5.74, 6) is 0.562. The Kier molecular flexibility index (Phi) is 6.56. The van der Waals surface area contributed by atoms with E-state index < -0.39 is 0 Å². The van der Waals surface area contributed by atoms with Gasteiger partial charge in [-0.05, 0) is 17.7 Å². The molecule has 0 aromatic carbocycles. The van der Waals surface area contributed by atoms with Crippen molar-refractivity contribution in [3.8, 4) is 6.07 Å². The minimum atomic E-state index is 0.174. The summed E-state index contributed by atoms with van der Waals surface area (Å²) in [6.45, 7) is 4.22. The zero-order chi connectivity index (χ0) is 10.1. The van der Waals surface area contributed by atoms with Gasteiger partial charge in [0.2, 0.25) is 5.28 Å². The predicted octanol–water partition coefficient (Wildman–Crippen LogP) is 2.09. The molecule has 0 radical (unpaired) electrons. The summed E-state index contributed by atoms with van der Waals surface area (Å²) in [6.07, 6.45) is 1.52. The molecule has 0 amide bonds. The first-order chi connectivity index (χ1) is 6.33. The molecule has 0 aliphatic carbocycles. The lowest BCUT2D eigenvalue weighted by Gasteiger charge is -1.97. The number of hydrogen-bond donors (Lipinski definition) is 1. The van der Waals surface area contributed by atoms with E-state index in [-0.39, 0.29) is 11.8 Å². The molecule has 1 heterocycles. The third kappa shape index (κ3) is 4.99.